The number of carbonyl (C=O) groups excluding carboxylic acids is 3. The van der Waals surface area contributed by atoms with Gasteiger partial charge in [-0.25, -0.2) is 23.1 Å². The minimum atomic E-state index is -0.263. The van der Waals surface area contributed by atoms with Gasteiger partial charge in [-0.05, 0) is 17.5 Å². The molecule has 0 bridgehead atoms. The number of ether oxygens (including phenoxy) is 1. The molecular weight excluding hydrogens is 451 g/mol. The zero-order valence-electron chi connectivity index (χ0n) is 20.0. The van der Waals surface area contributed by atoms with E-state index < -0.39 is 0 Å². The van der Waals surface area contributed by atoms with Crippen molar-refractivity contribution in [3.8, 4) is 0 Å². The van der Waals surface area contributed by atoms with Gasteiger partial charge in [0.15, 0.2) is 0 Å². The molecule has 2 fully saturated rings. The number of hydrogen-bond acceptors (Lipinski definition) is 5. The van der Waals surface area contributed by atoms with Crippen molar-refractivity contribution >= 4 is 28.9 Å². The number of morpholine rings is 1. The summed E-state index contributed by atoms with van der Waals surface area (Å²) in [5.41, 5.74) is 4.38. The largest absolute Gasteiger partial charge is 1.00 e. The number of imide groups is 1. The van der Waals surface area contributed by atoms with Gasteiger partial charge in [0.2, 0.25) is 5.91 Å². The van der Waals surface area contributed by atoms with Crippen LogP contribution in [0.2, 0.25) is 0 Å². The number of amides is 2. The van der Waals surface area contributed by atoms with Crippen LogP contribution in [0.25, 0.3) is 10.8 Å². The van der Waals surface area contributed by atoms with Gasteiger partial charge in [0, 0.05) is 32.3 Å². The summed E-state index contributed by atoms with van der Waals surface area (Å²) in [6, 6.07) is 21.7. The van der Waals surface area contributed by atoms with Crippen LogP contribution >= 0.6 is 0 Å². The fourth-order valence-electron chi connectivity index (χ4n) is 4.12. The average molecular weight is 479 g/mol. The first-order valence-corrected chi connectivity index (χ1v) is 11.5. The van der Waals surface area contributed by atoms with Crippen molar-refractivity contribution < 1.29 is 48.7 Å². The van der Waals surface area contributed by atoms with E-state index in [1.807, 2.05) is 18.4 Å². The van der Waals surface area contributed by atoms with E-state index in [1.54, 1.807) is 6.07 Å². The summed E-state index contributed by atoms with van der Waals surface area (Å²) in [6.45, 7) is 4.65. The number of carbonyl (C=O) groups is 2. The van der Waals surface area contributed by atoms with Gasteiger partial charge < -0.3 is 26.1 Å². The minimum absolute atomic E-state index is 0. The van der Waals surface area contributed by atoms with Crippen LogP contribution in [0, 0.1) is 12.5 Å². The van der Waals surface area contributed by atoms with E-state index >= 15 is 0 Å². The Morgan fingerprint density at radius 1 is 1.03 bits per heavy atom. The van der Waals surface area contributed by atoms with E-state index in [4.69, 9.17) is 4.74 Å². The SMILES string of the molecule is O=C1[CH-]CCC(=O)N1.O=[C-]c1cccc2c(Cc3ccc(CN4CCOCC4)cc3)cc[c-]c12.[Na+]. The van der Waals surface area contributed by atoms with Gasteiger partial charge >= 0.3 is 29.6 Å². The molecule has 2 saturated heterocycles. The number of nitrogens with one attached hydrogen (secondary N) is 1. The number of piperidine rings is 1. The zero-order valence-corrected chi connectivity index (χ0v) is 22.0. The standard InChI is InChI=1S/C23H21NO2.C5H6NO2.Na/c25-17-21-4-2-5-22-20(3-1-6-23(21)22)15-18-7-9-19(10-8-18)16-24-11-13-26-14-12-24;7-4-2-1-3-5(8)6-4;/h1-5,7-10H,11-16H2;2H,1,3H2,(H,6,7,8);/q-2;-1;+1. The molecule has 5 rings (SSSR count). The zero-order chi connectivity index (χ0) is 23.8. The van der Waals surface area contributed by atoms with Crippen molar-refractivity contribution in [3.05, 3.63) is 89.3 Å². The molecule has 1 N–H and O–H groups in total. The van der Waals surface area contributed by atoms with Crippen molar-refractivity contribution in [2.75, 3.05) is 26.3 Å². The van der Waals surface area contributed by atoms with Gasteiger partial charge in [0.1, 0.15) is 0 Å². The third-order valence-electron chi connectivity index (χ3n) is 5.92. The predicted molar refractivity (Wildman–Crippen MR) is 130 cm³/mol. The summed E-state index contributed by atoms with van der Waals surface area (Å²) in [4.78, 5) is 34.2. The molecule has 2 amide bonds. The van der Waals surface area contributed by atoms with E-state index in [-0.39, 0.29) is 41.4 Å². The molecule has 6 nitrogen and oxygen atoms in total. The van der Waals surface area contributed by atoms with Gasteiger partial charge in [0.05, 0.1) is 19.1 Å². The molecule has 0 unspecified atom stereocenters. The Hall–Kier alpha value is -2.48. The van der Waals surface area contributed by atoms with Gasteiger partial charge in [0.25, 0.3) is 0 Å². The Kier molecular flexibility index (Phi) is 10.5. The van der Waals surface area contributed by atoms with Crippen molar-refractivity contribution in [3.63, 3.8) is 0 Å². The van der Waals surface area contributed by atoms with Gasteiger partial charge in [-0.1, -0.05) is 24.3 Å². The molecule has 0 aromatic heterocycles. The number of benzene rings is 3. The number of fused-ring (bicyclic) bond motifs is 1. The molecule has 7 heteroatoms. The second kappa shape index (κ2) is 13.6. The summed E-state index contributed by atoms with van der Waals surface area (Å²) < 4.78 is 5.41. The van der Waals surface area contributed by atoms with Crippen molar-refractivity contribution in [1.29, 1.82) is 0 Å². The van der Waals surface area contributed by atoms with Crippen LogP contribution in [0.1, 0.15) is 35.1 Å². The molecule has 0 spiro atoms. The molecule has 0 atom stereocenters. The minimum Gasteiger partial charge on any atom is -0.388 e. The Morgan fingerprint density at radius 2 is 1.77 bits per heavy atom. The first kappa shape index (κ1) is 27.1. The van der Waals surface area contributed by atoms with Crippen LogP contribution in [-0.2, 0) is 32.1 Å². The second-order valence-electron chi connectivity index (χ2n) is 8.37. The normalized spacial score (nSPS) is 15.8. The topological polar surface area (TPSA) is 75.7 Å². The average Bonchev–Trinajstić information content (AvgIpc) is 2.86. The van der Waals surface area contributed by atoms with Gasteiger partial charge in [-0.3, -0.25) is 9.69 Å². The van der Waals surface area contributed by atoms with Crippen molar-refractivity contribution in [2.45, 2.75) is 25.8 Å². The second-order valence-corrected chi connectivity index (χ2v) is 8.37. The van der Waals surface area contributed by atoms with E-state index in [0.717, 1.165) is 50.0 Å². The fraction of sp³-hybridized carbons (Fsp3) is 0.286. The summed E-state index contributed by atoms with van der Waals surface area (Å²) in [7, 11) is 0. The number of nitrogens with zero attached hydrogens (tertiary/aromatic N) is 1. The van der Waals surface area contributed by atoms with Crippen LogP contribution in [0.5, 0.6) is 0 Å². The maximum Gasteiger partial charge on any atom is 1.00 e. The Balaban J connectivity index is 0.000000325. The first-order chi connectivity index (χ1) is 16.6. The molecular formula is C28H27N2NaO4-2. The molecule has 2 aliphatic heterocycles. The molecule has 3 aromatic carbocycles. The monoisotopic (exact) mass is 478 g/mol. The molecule has 35 heavy (non-hydrogen) atoms. The van der Waals surface area contributed by atoms with E-state index in [0.29, 0.717) is 18.4 Å². The molecule has 2 aliphatic rings. The Morgan fingerprint density at radius 3 is 2.43 bits per heavy atom. The predicted octanol–water partition coefficient (Wildman–Crippen LogP) is 0.152. The van der Waals surface area contributed by atoms with Gasteiger partial charge in [-0.2, -0.15) is 17.9 Å². The summed E-state index contributed by atoms with van der Waals surface area (Å²) in [5.74, 6) is -0.432. The summed E-state index contributed by atoms with van der Waals surface area (Å²) in [5, 5.41) is 4.07. The molecule has 0 saturated carbocycles. The van der Waals surface area contributed by atoms with E-state index in [2.05, 4.69) is 52.7 Å². The van der Waals surface area contributed by atoms with Crippen molar-refractivity contribution in [2.24, 2.45) is 0 Å². The summed E-state index contributed by atoms with van der Waals surface area (Å²) in [6.07, 6.45) is 5.36. The van der Waals surface area contributed by atoms with Crippen LogP contribution in [0.15, 0.2) is 54.6 Å². The van der Waals surface area contributed by atoms with E-state index in [1.165, 1.54) is 23.1 Å². The third-order valence-corrected chi connectivity index (χ3v) is 5.92. The Bertz CT molecular complexity index is 1140. The fourth-order valence-corrected chi connectivity index (χ4v) is 4.12. The molecule has 176 valence electrons. The van der Waals surface area contributed by atoms with Crippen LogP contribution < -0.4 is 34.9 Å². The molecule has 2 heterocycles. The first-order valence-electron chi connectivity index (χ1n) is 11.5. The number of hydrogen-bond donors (Lipinski definition) is 1. The van der Waals surface area contributed by atoms with Crippen molar-refractivity contribution in [1.82, 2.24) is 10.2 Å². The molecule has 0 radical (unpaired) electrons. The number of rotatable bonds is 5. The van der Waals surface area contributed by atoms with Crippen LogP contribution in [-0.4, -0.2) is 49.3 Å². The van der Waals surface area contributed by atoms with Gasteiger partial charge in [-0.15, -0.1) is 23.8 Å². The maximum absolute atomic E-state index is 11.1. The molecule has 0 aliphatic carbocycles. The smallest absolute Gasteiger partial charge is 0.388 e. The third kappa shape index (κ3) is 7.75. The van der Waals surface area contributed by atoms with Crippen LogP contribution in [0.4, 0.5) is 0 Å². The molecule has 3 aromatic rings. The Labute approximate surface area is 228 Å². The quantitative estimate of drug-likeness (QED) is 0.321. The summed E-state index contributed by atoms with van der Waals surface area (Å²) >= 11 is 0. The maximum atomic E-state index is 11.1. The van der Waals surface area contributed by atoms with E-state index in [9.17, 15) is 14.4 Å². The van der Waals surface area contributed by atoms with Crippen LogP contribution in [0.3, 0.4) is 0 Å².